The van der Waals surface area contributed by atoms with Gasteiger partial charge in [0.05, 0.1) is 5.92 Å². The fourth-order valence-electron chi connectivity index (χ4n) is 3.87. The van der Waals surface area contributed by atoms with Gasteiger partial charge in [0.15, 0.2) is 0 Å². The van der Waals surface area contributed by atoms with Crippen LogP contribution in [-0.2, 0) is 11.2 Å². The Balaban J connectivity index is 1.31. The van der Waals surface area contributed by atoms with Crippen LogP contribution in [0.2, 0.25) is 0 Å². The number of piperidine rings is 1. The van der Waals surface area contributed by atoms with Gasteiger partial charge in [-0.1, -0.05) is 18.2 Å². The molecule has 2 aliphatic rings. The molecular formula is C21H27N5O2. The van der Waals surface area contributed by atoms with Crippen molar-refractivity contribution in [2.24, 2.45) is 5.92 Å². The van der Waals surface area contributed by atoms with Gasteiger partial charge in [0.1, 0.15) is 30.3 Å². The highest BCUT2D eigenvalue weighted by molar-refractivity contribution is 5.80. The Labute approximate surface area is 165 Å². The molecule has 148 valence electrons. The maximum atomic E-state index is 12.9. The van der Waals surface area contributed by atoms with Gasteiger partial charge in [-0.2, -0.15) is 0 Å². The lowest BCUT2D eigenvalue weighted by Crippen LogP contribution is -2.47. The van der Waals surface area contributed by atoms with Crippen molar-refractivity contribution in [3.8, 4) is 5.75 Å². The van der Waals surface area contributed by atoms with E-state index in [1.165, 1.54) is 0 Å². The molecule has 0 bridgehead atoms. The third-order valence-corrected chi connectivity index (χ3v) is 5.50. The first-order chi connectivity index (χ1) is 13.6. The summed E-state index contributed by atoms with van der Waals surface area (Å²) in [6.07, 6.45) is 4.17. The Kier molecular flexibility index (Phi) is 5.32. The third-order valence-electron chi connectivity index (χ3n) is 5.50. The van der Waals surface area contributed by atoms with Crippen LogP contribution < -0.4 is 15.0 Å². The Morgan fingerprint density at radius 3 is 2.79 bits per heavy atom. The predicted octanol–water partition coefficient (Wildman–Crippen LogP) is 2.20. The molecule has 0 aliphatic carbocycles. The van der Waals surface area contributed by atoms with E-state index in [2.05, 4.69) is 21.4 Å². The van der Waals surface area contributed by atoms with Crippen LogP contribution in [0.4, 0.5) is 11.6 Å². The highest BCUT2D eigenvalue weighted by Gasteiger charge is 2.31. The van der Waals surface area contributed by atoms with Crippen molar-refractivity contribution in [3.05, 3.63) is 42.2 Å². The number of hydrogen-bond donors (Lipinski definition) is 1. The fraction of sp³-hybridized carbons (Fsp3) is 0.476. The van der Waals surface area contributed by atoms with E-state index in [9.17, 15) is 4.79 Å². The zero-order chi connectivity index (χ0) is 19.5. The van der Waals surface area contributed by atoms with E-state index in [0.717, 1.165) is 55.3 Å². The van der Waals surface area contributed by atoms with Crippen LogP contribution in [0.5, 0.6) is 5.75 Å². The average molecular weight is 381 g/mol. The molecule has 7 heteroatoms. The minimum absolute atomic E-state index is 0.0797. The molecule has 0 radical (unpaired) electrons. The average Bonchev–Trinajstić information content (AvgIpc) is 2.73. The number of aromatic nitrogens is 2. The number of carbonyl (C=O) groups is 1. The number of amides is 1. The SMILES string of the molecule is CN(C)c1cc(NC2CCN(C(=O)C3COc4ccccc4C3)CC2)ncn1. The Morgan fingerprint density at radius 2 is 2.00 bits per heavy atom. The molecule has 1 N–H and O–H groups in total. The molecule has 4 rings (SSSR count). The summed E-state index contributed by atoms with van der Waals surface area (Å²) in [5.74, 6) is 2.76. The molecule has 1 unspecified atom stereocenters. The van der Waals surface area contributed by atoms with E-state index in [0.29, 0.717) is 12.6 Å². The molecule has 1 amide bonds. The summed E-state index contributed by atoms with van der Waals surface area (Å²) in [7, 11) is 3.92. The van der Waals surface area contributed by atoms with Gasteiger partial charge in [-0.3, -0.25) is 4.79 Å². The van der Waals surface area contributed by atoms with Crippen molar-refractivity contribution in [3.63, 3.8) is 0 Å². The summed E-state index contributed by atoms with van der Waals surface area (Å²) >= 11 is 0. The Hall–Kier alpha value is -2.83. The number of nitrogens with one attached hydrogen (secondary N) is 1. The van der Waals surface area contributed by atoms with Crippen molar-refractivity contribution in [1.29, 1.82) is 0 Å². The molecule has 3 heterocycles. The molecule has 2 aromatic rings. The second-order valence-corrected chi connectivity index (χ2v) is 7.72. The van der Waals surface area contributed by atoms with Crippen LogP contribution in [0, 0.1) is 5.92 Å². The number of ether oxygens (including phenoxy) is 1. The van der Waals surface area contributed by atoms with E-state index in [1.54, 1.807) is 6.33 Å². The van der Waals surface area contributed by atoms with E-state index in [-0.39, 0.29) is 11.8 Å². The Bertz CT molecular complexity index is 833. The molecule has 1 saturated heterocycles. The van der Waals surface area contributed by atoms with Gasteiger partial charge in [-0.05, 0) is 30.9 Å². The van der Waals surface area contributed by atoms with Gasteiger partial charge in [0.2, 0.25) is 5.91 Å². The van der Waals surface area contributed by atoms with Crippen LogP contribution in [0.15, 0.2) is 36.7 Å². The summed E-state index contributed by atoms with van der Waals surface area (Å²) in [6, 6.07) is 10.3. The molecule has 1 atom stereocenters. The number of benzene rings is 1. The highest BCUT2D eigenvalue weighted by Crippen LogP contribution is 2.28. The molecule has 0 spiro atoms. The maximum Gasteiger partial charge on any atom is 0.229 e. The van der Waals surface area contributed by atoms with Crippen molar-refractivity contribution in [2.75, 3.05) is 44.0 Å². The summed E-state index contributed by atoms with van der Waals surface area (Å²) in [4.78, 5) is 25.5. The first-order valence-electron chi connectivity index (χ1n) is 9.85. The predicted molar refractivity (Wildman–Crippen MR) is 109 cm³/mol. The lowest BCUT2D eigenvalue weighted by molar-refractivity contribution is -0.137. The zero-order valence-electron chi connectivity index (χ0n) is 16.5. The minimum Gasteiger partial charge on any atom is -0.492 e. The molecule has 7 nitrogen and oxygen atoms in total. The number of anilines is 2. The third kappa shape index (κ3) is 4.03. The van der Waals surface area contributed by atoms with Crippen molar-refractivity contribution in [1.82, 2.24) is 14.9 Å². The van der Waals surface area contributed by atoms with Crippen LogP contribution in [0.25, 0.3) is 0 Å². The Morgan fingerprint density at radius 1 is 1.21 bits per heavy atom. The summed E-state index contributed by atoms with van der Waals surface area (Å²) in [5, 5.41) is 3.49. The monoisotopic (exact) mass is 381 g/mol. The van der Waals surface area contributed by atoms with Gasteiger partial charge < -0.3 is 19.9 Å². The van der Waals surface area contributed by atoms with Crippen molar-refractivity contribution >= 4 is 17.5 Å². The topological polar surface area (TPSA) is 70.6 Å². The number of nitrogens with zero attached hydrogens (tertiary/aromatic N) is 4. The normalized spacial score (nSPS) is 19.5. The van der Waals surface area contributed by atoms with Crippen molar-refractivity contribution in [2.45, 2.75) is 25.3 Å². The first kappa shape index (κ1) is 18.5. The number of likely N-dealkylation sites (tertiary alicyclic amines) is 1. The number of rotatable bonds is 4. The molecule has 28 heavy (non-hydrogen) atoms. The summed E-state index contributed by atoms with van der Waals surface area (Å²) in [6.45, 7) is 2.00. The van der Waals surface area contributed by atoms with Crippen LogP contribution in [0.3, 0.4) is 0 Å². The quantitative estimate of drug-likeness (QED) is 0.876. The first-order valence-corrected chi connectivity index (χ1v) is 9.85. The summed E-state index contributed by atoms with van der Waals surface area (Å²) in [5.41, 5.74) is 1.13. The second kappa shape index (κ2) is 8.04. The molecule has 1 aromatic heterocycles. The van der Waals surface area contributed by atoms with E-state index in [1.807, 2.05) is 48.2 Å². The maximum absolute atomic E-state index is 12.9. The number of fused-ring (bicyclic) bond motifs is 1. The number of carbonyl (C=O) groups excluding carboxylic acids is 1. The summed E-state index contributed by atoms with van der Waals surface area (Å²) < 4.78 is 5.80. The van der Waals surface area contributed by atoms with Gasteiger partial charge in [-0.25, -0.2) is 9.97 Å². The minimum atomic E-state index is -0.0797. The second-order valence-electron chi connectivity index (χ2n) is 7.72. The van der Waals surface area contributed by atoms with Crippen molar-refractivity contribution < 1.29 is 9.53 Å². The number of hydrogen-bond acceptors (Lipinski definition) is 6. The van der Waals surface area contributed by atoms with Crippen LogP contribution in [0.1, 0.15) is 18.4 Å². The standard InChI is InChI=1S/C21H27N5O2/c1-25(2)20-12-19(22-14-23-20)24-17-7-9-26(10-8-17)21(27)16-11-15-5-3-4-6-18(15)28-13-16/h3-6,12,14,16-17H,7-11,13H2,1-2H3,(H,22,23,24). The fourth-order valence-corrected chi connectivity index (χ4v) is 3.87. The molecule has 1 fully saturated rings. The molecule has 0 saturated carbocycles. The van der Waals surface area contributed by atoms with Gasteiger partial charge in [0.25, 0.3) is 0 Å². The number of para-hydroxylation sites is 1. The lowest BCUT2D eigenvalue weighted by atomic mass is 9.94. The van der Waals surface area contributed by atoms with E-state index < -0.39 is 0 Å². The van der Waals surface area contributed by atoms with E-state index >= 15 is 0 Å². The lowest BCUT2D eigenvalue weighted by Gasteiger charge is -2.35. The van der Waals surface area contributed by atoms with Gasteiger partial charge >= 0.3 is 0 Å². The smallest absolute Gasteiger partial charge is 0.229 e. The van der Waals surface area contributed by atoms with E-state index in [4.69, 9.17) is 4.74 Å². The zero-order valence-corrected chi connectivity index (χ0v) is 16.5. The van der Waals surface area contributed by atoms with Crippen LogP contribution >= 0.6 is 0 Å². The molecular weight excluding hydrogens is 354 g/mol. The van der Waals surface area contributed by atoms with Crippen LogP contribution in [-0.4, -0.2) is 60.6 Å². The molecule has 1 aromatic carbocycles. The largest absolute Gasteiger partial charge is 0.492 e. The van der Waals surface area contributed by atoms with Gasteiger partial charge in [0, 0.05) is 39.3 Å². The van der Waals surface area contributed by atoms with Gasteiger partial charge in [-0.15, -0.1) is 0 Å². The highest BCUT2D eigenvalue weighted by atomic mass is 16.5. The molecule has 2 aliphatic heterocycles.